The van der Waals surface area contributed by atoms with Crippen LogP contribution in [0.15, 0.2) is 12.4 Å². The molecule has 17 heavy (non-hydrogen) atoms. The lowest BCUT2D eigenvalue weighted by Crippen LogP contribution is -2.26. The standard InChI is InChI=1S/C12H22N4O/c1-5-13-10(6-9-16(2)3)11-12(17-4)15-8-7-14-11/h7-8,10,13H,5-6,9H2,1-4H3. The van der Waals surface area contributed by atoms with Crippen LogP contribution in [0.25, 0.3) is 0 Å². The van der Waals surface area contributed by atoms with E-state index in [-0.39, 0.29) is 6.04 Å². The van der Waals surface area contributed by atoms with Crippen molar-refractivity contribution < 1.29 is 4.74 Å². The Morgan fingerprint density at radius 2 is 2.06 bits per heavy atom. The molecule has 0 radical (unpaired) electrons. The average Bonchev–Trinajstić information content (AvgIpc) is 2.34. The maximum atomic E-state index is 5.25. The Kier molecular flexibility index (Phi) is 5.86. The van der Waals surface area contributed by atoms with E-state index in [1.165, 1.54) is 0 Å². The number of nitrogens with zero attached hydrogens (tertiary/aromatic N) is 3. The molecule has 0 bridgehead atoms. The Morgan fingerprint density at radius 1 is 1.35 bits per heavy atom. The fourth-order valence-corrected chi connectivity index (χ4v) is 1.70. The van der Waals surface area contributed by atoms with Crippen molar-refractivity contribution in [3.8, 4) is 5.88 Å². The van der Waals surface area contributed by atoms with E-state index in [9.17, 15) is 0 Å². The van der Waals surface area contributed by atoms with Crippen LogP contribution in [-0.2, 0) is 0 Å². The molecule has 5 heteroatoms. The third-order valence-corrected chi connectivity index (χ3v) is 2.53. The minimum atomic E-state index is 0.186. The van der Waals surface area contributed by atoms with Crippen LogP contribution in [0.4, 0.5) is 0 Å². The molecule has 1 atom stereocenters. The molecule has 0 spiro atoms. The Labute approximate surface area is 103 Å². The molecule has 1 heterocycles. The highest BCUT2D eigenvalue weighted by molar-refractivity contribution is 5.21. The number of hydrogen-bond donors (Lipinski definition) is 1. The molecule has 1 rings (SSSR count). The van der Waals surface area contributed by atoms with Gasteiger partial charge in [-0.1, -0.05) is 6.92 Å². The predicted octanol–water partition coefficient (Wildman–Crippen LogP) is 1.09. The number of nitrogens with one attached hydrogen (secondary N) is 1. The second-order valence-corrected chi connectivity index (χ2v) is 4.15. The third kappa shape index (κ3) is 4.28. The van der Waals surface area contributed by atoms with E-state index >= 15 is 0 Å². The summed E-state index contributed by atoms with van der Waals surface area (Å²) >= 11 is 0. The molecule has 1 aromatic rings. The lowest BCUT2D eigenvalue weighted by molar-refractivity contribution is 0.342. The van der Waals surface area contributed by atoms with Crippen LogP contribution in [-0.4, -0.2) is 49.2 Å². The van der Waals surface area contributed by atoms with Crippen LogP contribution >= 0.6 is 0 Å². The largest absolute Gasteiger partial charge is 0.480 e. The molecule has 1 aromatic heterocycles. The van der Waals surface area contributed by atoms with Crippen molar-refractivity contribution in [2.24, 2.45) is 0 Å². The van der Waals surface area contributed by atoms with Gasteiger partial charge in [-0.25, -0.2) is 4.98 Å². The van der Waals surface area contributed by atoms with Gasteiger partial charge in [0.25, 0.3) is 0 Å². The molecule has 1 N–H and O–H groups in total. The van der Waals surface area contributed by atoms with Crippen molar-refractivity contribution in [1.29, 1.82) is 0 Å². The minimum absolute atomic E-state index is 0.186. The summed E-state index contributed by atoms with van der Waals surface area (Å²) in [6.45, 7) is 3.99. The van der Waals surface area contributed by atoms with E-state index in [0.717, 1.165) is 25.2 Å². The maximum Gasteiger partial charge on any atom is 0.236 e. The molecule has 0 amide bonds. The van der Waals surface area contributed by atoms with Crippen LogP contribution in [0.1, 0.15) is 25.1 Å². The smallest absolute Gasteiger partial charge is 0.236 e. The van der Waals surface area contributed by atoms with Gasteiger partial charge < -0.3 is 15.0 Å². The molecular formula is C12H22N4O. The van der Waals surface area contributed by atoms with Crippen molar-refractivity contribution in [1.82, 2.24) is 20.2 Å². The van der Waals surface area contributed by atoms with Gasteiger partial charge >= 0.3 is 0 Å². The molecule has 0 aliphatic rings. The van der Waals surface area contributed by atoms with Crippen molar-refractivity contribution in [3.05, 3.63) is 18.1 Å². The van der Waals surface area contributed by atoms with Crippen LogP contribution in [0, 0.1) is 0 Å². The third-order valence-electron chi connectivity index (χ3n) is 2.53. The van der Waals surface area contributed by atoms with Crippen molar-refractivity contribution in [3.63, 3.8) is 0 Å². The van der Waals surface area contributed by atoms with E-state index in [4.69, 9.17) is 4.74 Å². The number of aromatic nitrogens is 2. The number of hydrogen-bond acceptors (Lipinski definition) is 5. The minimum Gasteiger partial charge on any atom is -0.480 e. The van der Waals surface area contributed by atoms with Gasteiger partial charge in [0.15, 0.2) is 0 Å². The molecular weight excluding hydrogens is 216 g/mol. The summed E-state index contributed by atoms with van der Waals surface area (Å²) in [6, 6.07) is 0.186. The Hall–Kier alpha value is -1.20. The number of ether oxygens (including phenoxy) is 1. The second kappa shape index (κ2) is 7.19. The molecule has 0 aromatic carbocycles. The van der Waals surface area contributed by atoms with Crippen LogP contribution < -0.4 is 10.1 Å². The van der Waals surface area contributed by atoms with Gasteiger partial charge in [0.05, 0.1) is 13.2 Å². The van der Waals surface area contributed by atoms with Gasteiger partial charge in [-0.05, 0) is 33.6 Å². The van der Waals surface area contributed by atoms with E-state index in [2.05, 4.69) is 41.2 Å². The first-order valence-electron chi connectivity index (χ1n) is 5.92. The van der Waals surface area contributed by atoms with E-state index in [0.29, 0.717) is 5.88 Å². The van der Waals surface area contributed by atoms with Gasteiger partial charge in [0, 0.05) is 12.4 Å². The topological polar surface area (TPSA) is 50.3 Å². The zero-order valence-corrected chi connectivity index (χ0v) is 11.1. The monoisotopic (exact) mass is 238 g/mol. The SMILES string of the molecule is CCNC(CCN(C)C)c1nccnc1OC. The Morgan fingerprint density at radius 3 is 2.65 bits per heavy atom. The lowest BCUT2D eigenvalue weighted by Gasteiger charge is -2.20. The molecule has 0 saturated heterocycles. The average molecular weight is 238 g/mol. The summed E-state index contributed by atoms with van der Waals surface area (Å²) < 4.78 is 5.25. The molecule has 0 saturated carbocycles. The lowest BCUT2D eigenvalue weighted by atomic mass is 10.1. The summed E-state index contributed by atoms with van der Waals surface area (Å²) in [4.78, 5) is 10.7. The fraction of sp³-hybridized carbons (Fsp3) is 0.667. The zero-order valence-electron chi connectivity index (χ0n) is 11.1. The summed E-state index contributed by atoms with van der Waals surface area (Å²) in [6.07, 6.45) is 4.34. The molecule has 0 aliphatic heterocycles. The van der Waals surface area contributed by atoms with E-state index in [1.807, 2.05) is 0 Å². The van der Waals surface area contributed by atoms with E-state index < -0.39 is 0 Å². The summed E-state index contributed by atoms with van der Waals surface area (Å²) in [5, 5.41) is 3.42. The van der Waals surface area contributed by atoms with Gasteiger partial charge in [-0.2, -0.15) is 0 Å². The quantitative estimate of drug-likeness (QED) is 0.770. The van der Waals surface area contributed by atoms with Gasteiger partial charge in [0.2, 0.25) is 5.88 Å². The number of rotatable bonds is 7. The first kappa shape index (κ1) is 13.9. The molecule has 0 fully saturated rings. The van der Waals surface area contributed by atoms with Crippen LogP contribution in [0.5, 0.6) is 5.88 Å². The fourth-order valence-electron chi connectivity index (χ4n) is 1.70. The van der Waals surface area contributed by atoms with Gasteiger partial charge in [-0.3, -0.25) is 4.98 Å². The van der Waals surface area contributed by atoms with Crippen molar-refractivity contribution in [2.75, 3.05) is 34.3 Å². The highest BCUT2D eigenvalue weighted by atomic mass is 16.5. The van der Waals surface area contributed by atoms with Crippen LogP contribution in [0.3, 0.4) is 0 Å². The molecule has 96 valence electrons. The van der Waals surface area contributed by atoms with Crippen molar-refractivity contribution in [2.45, 2.75) is 19.4 Å². The summed E-state index contributed by atoms with van der Waals surface area (Å²) in [5.41, 5.74) is 0.888. The Balaban J connectivity index is 2.80. The maximum absolute atomic E-state index is 5.25. The molecule has 5 nitrogen and oxygen atoms in total. The van der Waals surface area contributed by atoms with Crippen molar-refractivity contribution >= 4 is 0 Å². The van der Waals surface area contributed by atoms with E-state index in [1.54, 1.807) is 19.5 Å². The van der Waals surface area contributed by atoms with Crippen LogP contribution in [0.2, 0.25) is 0 Å². The highest BCUT2D eigenvalue weighted by Gasteiger charge is 2.17. The molecule has 1 unspecified atom stereocenters. The van der Waals surface area contributed by atoms with Gasteiger partial charge in [-0.15, -0.1) is 0 Å². The number of methoxy groups -OCH3 is 1. The first-order valence-corrected chi connectivity index (χ1v) is 5.92. The second-order valence-electron chi connectivity index (χ2n) is 4.15. The summed E-state index contributed by atoms with van der Waals surface area (Å²) in [5.74, 6) is 0.609. The first-order chi connectivity index (χ1) is 8.19. The zero-order chi connectivity index (χ0) is 12.7. The summed E-state index contributed by atoms with van der Waals surface area (Å²) in [7, 11) is 5.76. The van der Waals surface area contributed by atoms with Gasteiger partial charge in [0.1, 0.15) is 5.69 Å². The predicted molar refractivity (Wildman–Crippen MR) is 68.2 cm³/mol. The highest BCUT2D eigenvalue weighted by Crippen LogP contribution is 2.22. The molecule has 0 aliphatic carbocycles. The normalized spacial score (nSPS) is 12.8. The Bertz CT molecular complexity index is 330.